The standard InChI is InChI=1S/C14H18Cl2N2O/c1-18(13-5-3-2-4-6-13)14(19)17-12-8-10(15)7-11(16)9-12/h7-9,13H,2-6H2,1H3,(H,17,19). The molecule has 104 valence electrons. The smallest absolute Gasteiger partial charge is 0.321 e. The fourth-order valence-corrected chi connectivity index (χ4v) is 3.00. The van der Waals surface area contributed by atoms with E-state index in [4.69, 9.17) is 23.2 Å². The Labute approximate surface area is 123 Å². The first-order valence-corrected chi connectivity index (χ1v) is 7.32. The normalized spacial score (nSPS) is 16.2. The second-order valence-electron chi connectivity index (χ2n) is 4.99. The molecule has 0 heterocycles. The minimum atomic E-state index is -0.106. The van der Waals surface area contributed by atoms with Crippen LogP contribution in [-0.4, -0.2) is 24.0 Å². The lowest BCUT2D eigenvalue weighted by atomic mass is 9.95. The van der Waals surface area contributed by atoms with Crippen molar-refractivity contribution in [2.75, 3.05) is 12.4 Å². The van der Waals surface area contributed by atoms with Gasteiger partial charge in [-0.15, -0.1) is 0 Å². The van der Waals surface area contributed by atoms with Crippen LogP contribution >= 0.6 is 23.2 Å². The SMILES string of the molecule is CN(C(=O)Nc1cc(Cl)cc(Cl)c1)C1CCCCC1. The number of carbonyl (C=O) groups excluding carboxylic acids is 1. The maximum atomic E-state index is 12.2. The predicted octanol–water partition coefficient (Wildman–Crippen LogP) is 4.79. The number of hydrogen-bond donors (Lipinski definition) is 1. The molecule has 19 heavy (non-hydrogen) atoms. The lowest BCUT2D eigenvalue weighted by molar-refractivity contribution is 0.186. The minimum absolute atomic E-state index is 0.106. The fraction of sp³-hybridized carbons (Fsp3) is 0.500. The molecule has 0 spiro atoms. The van der Waals surface area contributed by atoms with Gasteiger partial charge in [-0.1, -0.05) is 42.5 Å². The maximum absolute atomic E-state index is 12.2. The third-order valence-electron chi connectivity index (χ3n) is 3.56. The first-order chi connectivity index (χ1) is 9.06. The zero-order valence-corrected chi connectivity index (χ0v) is 12.5. The molecule has 0 aromatic heterocycles. The van der Waals surface area contributed by atoms with Gasteiger partial charge >= 0.3 is 6.03 Å². The number of amides is 2. The molecule has 2 amide bonds. The Morgan fingerprint density at radius 1 is 1.16 bits per heavy atom. The van der Waals surface area contributed by atoms with E-state index >= 15 is 0 Å². The van der Waals surface area contributed by atoms with Crippen LogP contribution in [0.15, 0.2) is 18.2 Å². The topological polar surface area (TPSA) is 32.3 Å². The van der Waals surface area contributed by atoms with Crippen molar-refractivity contribution in [1.82, 2.24) is 4.90 Å². The summed E-state index contributed by atoms with van der Waals surface area (Å²) in [6.45, 7) is 0. The zero-order valence-electron chi connectivity index (χ0n) is 11.0. The quantitative estimate of drug-likeness (QED) is 0.837. The number of hydrogen-bond acceptors (Lipinski definition) is 1. The van der Waals surface area contributed by atoms with Crippen LogP contribution in [0.5, 0.6) is 0 Å². The van der Waals surface area contributed by atoms with Gasteiger partial charge in [0.25, 0.3) is 0 Å². The van der Waals surface area contributed by atoms with Gasteiger partial charge in [-0.05, 0) is 31.0 Å². The van der Waals surface area contributed by atoms with Crippen LogP contribution in [0.25, 0.3) is 0 Å². The molecular weight excluding hydrogens is 283 g/mol. The predicted molar refractivity (Wildman–Crippen MR) is 80.1 cm³/mol. The summed E-state index contributed by atoms with van der Waals surface area (Å²) in [6, 6.07) is 5.26. The highest BCUT2D eigenvalue weighted by Gasteiger charge is 2.22. The summed E-state index contributed by atoms with van der Waals surface area (Å²) in [7, 11) is 1.84. The van der Waals surface area contributed by atoms with Crippen molar-refractivity contribution in [1.29, 1.82) is 0 Å². The summed E-state index contributed by atoms with van der Waals surface area (Å²) < 4.78 is 0. The van der Waals surface area contributed by atoms with Crippen molar-refractivity contribution in [3.63, 3.8) is 0 Å². The van der Waals surface area contributed by atoms with E-state index in [2.05, 4.69) is 5.32 Å². The van der Waals surface area contributed by atoms with E-state index in [-0.39, 0.29) is 6.03 Å². The lowest BCUT2D eigenvalue weighted by Crippen LogP contribution is -2.40. The molecule has 0 bridgehead atoms. The van der Waals surface area contributed by atoms with Gasteiger partial charge in [-0.25, -0.2) is 4.79 Å². The largest absolute Gasteiger partial charge is 0.325 e. The highest BCUT2D eigenvalue weighted by atomic mass is 35.5. The van der Waals surface area contributed by atoms with Crippen LogP contribution in [0.4, 0.5) is 10.5 Å². The molecular formula is C14H18Cl2N2O. The van der Waals surface area contributed by atoms with E-state index in [1.165, 1.54) is 19.3 Å². The van der Waals surface area contributed by atoms with Crippen molar-refractivity contribution in [3.05, 3.63) is 28.2 Å². The zero-order chi connectivity index (χ0) is 13.8. The van der Waals surface area contributed by atoms with Crippen molar-refractivity contribution in [3.8, 4) is 0 Å². The number of benzene rings is 1. The second-order valence-corrected chi connectivity index (χ2v) is 5.86. The number of nitrogens with zero attached hydrogens (tertiary/aromatic N) is 1. The monoisotopic (exact) mass is 300 g/mol. The highest BCUT2D eigenvalue weighted by Crippen LogP contribution is 2.24. The summed E-state index contributed by atoms with van der Waals surface area (Å²) in [5.74, 6) is 0. The van der Waals surface area contributed by atoms with Gasteiger partial charge in [0.05, 0.1) is 0 Å². The maximum Gasteiger partial charge on any atom is 0.321 e. The molecule has 1 saturated carbocycles. The van der Waals surface area contributed by atoms with Crippen LogP contribution in [0.3, 0.4) is 0 Å². The first kappa shape index (κ1) is 14.5. The summed E-state index contributed by atoms with van der Waals surface area (Å²) in [5, 5.41) is 3.87. The fourth-order valence-electron chi connectivity index (χ4n) is 2.47. The van der Waals surface area contributed by atoms with Gasteiger partial charge in [-0.3, -0.25) is 0 Å². The summed E-state index contributed by atoms with van der Waals surface area (Å²) >= 11 is 11.8. The van der Waals surface area contributed by atoms with Crippen LogP contribution < -0.4 is 5.32 Å². The van der Waals surface area contributed by atoms with Gasteiger partial charge in [0.2, 0.25) is 0 Å². The Kier molecular flexibility index (Phi) is 4.94. The van der Waals surface area contributed by atoms with E-state index in [0.29, 0.717) is 21.8 Å². The molecule has 0 atom stereocenters. The minimum Gasteiger partial charge on any atom is -0.325 e. The Hall–Kier alpha value is -0.930. The molecule has 1 aliphatic carbocycles. The average molecular weight is 301 g/mol. The number of nitrogens with one attached hydrogen (secondary N) is 1. The van der Waals surface area contributed by atoms with Crippen LogP contribution in [-0.2, 0) is 0 Å². The molecule has 0 radical (unpaired) electrons. The first-order valence-electron chi connectivity index (χ1n) is 6.56. The van der Waals surface area contributed by atoms with Gasteiger partial charge < -0.3 is 10.2 Å². The number of carbonyl (C=O) groups is 1. The Morgan fingerprint density at radius 3 is 2.32 bits per heavy atom. The van der Waals surface area contributed by atoms with E-state index in [1.54, 1.807) is 23.1 Å². The second kappa shape index (κ2) is 6.49. The molecule has 1 N–H and O–H groups in total. The van der Waals surface area contributed by atoms with Crippen molar-refractivity contribution in [2.45, 2.75) is 38.1 Å². The van der Waals surface area contributed by atoms with E-state index < -0.39 is 0 Å². The van der Waals surface area contributed by atoms with Crippen LogP contribution in [0.2, 0.25) is 10.0 Å². The Morgan fingerprint density at radius 2 is 1.74 bits per heavy atom. The Bertz CT molecular complexity index is 439. The summed E-state index contributed by atoms with van der Waals surface area (Å²) in [4.78, 5) is 13.9. The Balaban J connectivity index is 1.99. The number of urea groups is 1. The van der Waals surface area contributed by atoms with Gasteiger partial charge in [0.1, 0.15) is 0 Å². The molecule has 1 fully saturated rings. The van der Waals surface area contributed by atoms with Gasteiger partial charge in [-0.2, -0.15) is 0 Å². The average Bonchev–Trinajstić information content (AvgIpc) is 2.37. The third kappa shape index (κ3) is 4.02. The lowest BCUT2D eigenvalue weighted by Gasteiger charge is -2.31. The molecule has 5 heteroatoms. The summed E-state index contributed by atoms with van der Waals surface area (Å²) in [6.07, 6.45) is 5.84. The van der Waals surface area contributed by atoms with Gasteiger partial charge in [0, 0.05) is 28.8 Å². The van der Waals surface area contributed by atoms with Crippen molar-refractivity contribution in [2.24, 2.45) is 0 Å². The number of rotatable bonds is 2. The van der Waals surface area contributed by atoms with Crippen LogP contribution in [0.1, 0.15) is 32.1 Å². The molecule has 2 rings (SSSR count). The van der Waals surface area contributed by atoms with Crippen LogP contribution in [0, 0.1) is 0 Å². The molecule has 0 saturated heterocycles. The molecule has 0 aliphatic heterocycles. The molecule has 1 aromatic rings. The van der Waals surface area contributed by atoms with Gasteiger partial charge in [0.15, 0.2) is 0 Å². The van der Waals surface area contributed by atoms with Crippen molar-refractivity contribution < 1.29 is 4.79 Å². The third-order valence-corrected chi connectivity index (χ3v) is 3.99. The number of anilines is 1. The molecule has 1 aromatic carbocycles. The van der Waals surface area contributed by atoms with E-state index in [9.17, 15) is 4.79 Å². The van der Waals surface area contributed by atoms with E-state index in [1.807, 2.05) is 7.05 Å². The van der Waals surface area contributed by atoms with E-state index in [0.717, 1.165) is 12.8 Å². The number of halogens is 2. The highest BCUT2D eigenvalue weighted by molar-refractivity contribution is 6.35. The molecule has 3 nitrogen and oxygen atoms in total. The molecule has 0 unspecified atom stereocenters. The molecule has 1 aliphatic rings. The summed E-state index contributed by atoms with van der Waals surface area (Å²) in [5.41, 5.74) is 0.630. The van der Waals surface area contributed by atoms with Crippen molar-refractivity contribution >= 4 is 34.9 Å².